The van der Waals surface area contributed by atoms with Crippen molar-refractivity contribution in [2.45, 2.75) is 0 Å². The largest absolute Gasteiger partial charge is 0.321 e. The second kappa shape index (κ2) is 5.56. The average Bonchev–Trinajstić information content (AvgIpc) is 2.87. The van der Waals surface area contributed by atoms with E-state index in [1.54, 1.807) is 18.2 Å². The summed E-state index contributed by atoms with van der Waals surface area (Å²) in [6.45, 7) is 0. The second-order valence-corrected chi connectivity index (χ2v) is 6.58. The average molecular weight is 367 g/mol. The molecule has 20 heavy (non-hydrogen) atoms. The van der Waals surface area contributed by atoms with Crippen LogP contribution in [0.3, 0.4) is 0 Å². The second-order valence-electron chi connectivity index (χ2n) is 4.23. The van der Waals surface area contributed by atoms with Crippen LogP contribution < -0.4 is 5.32 Å². The first-order valence-corrected chi connectivity index (χ1v) is 7.87. The highest BCUT2D eigenvalue weighted by molar-refractivity contribution is 9.10. The zero-order valence-corrected chi connectivity index (χ0v) is 13.3. The molecule has 0 spiro atoms. The van der Waals surface area contributed by atoms with E-state index in [0.717, 1.165) is 14.6 Å². The van der Waals surface area contributed by atoms with Crippen LogP contribution >= 0.6 is 38.9 Å². The van der Waals surface area contributed by atoms with Crippen LogP contribution in [0.25, 0.3) is 10.1 Å². The number of anilines is 1. The third-order valence-electron chi connectivity index (χ3n) is 2.83. The van der Waals surface area contributed by atoms with Crippen LogP contribution in [0.5, 0.6) is 0 Å². The molecule has 0 saturated carbocycles. The van der Waals surface area contributed by atoms with Crippen molar-refractivity contribution in [3.05, 3.63) is 62.9 Å². The van der Waals surface area contributed by atoms with Crippen molar-refractivity contribution < 1.29 is 4.79 Å². The molecule has 0 fully saturated rings. The molecule has 0 radical (unpaired) electrons. The van der Waals surface area contributed by atoms with Gasteiger partial charge in [-0.15, -0.1) is 11.3 Å². The quantitative estimate of drug-likeness (QED) is 0.631. The molecular weight excluding hydrogens is 358 g/mol. The van der Waals surface area contributed by atoms with E-state index in [-0.39, 0.29) is 5.91 Å². The number of thiophene rings is 1. The molecule has 1 amide bonds. The minimum atomic E-state index is -0.111. The predicted octanol–water partition coefficient (Wildman–Crippen LogP) is 5.57. The first-order valence-electron chi connectivity index (χ1n) is 5.88. The zero-order valence-electron chi connectivity index (χ0n) is 10.2. The highest BCUT2D eigenvalue weighted by Gasteiger charge is 2.10. The summed E-state index contributed by atoms with van der Waals surface area (Å²) < 4.78 is 1.86. The molecule has 1 aromatic heterocycles. The summed E-state index contributed by atoms with van der Waals surface area (Å²) in [5.41, 5.74) is 0.712. The summed E-state index contributed by atoms with van der Waals surface area (Å²) in [5, 5.41) is 4.57. The van der Waals surface area contributed by atoms with Crippen molar-refractivity contribution in [3.8, 4) is 0 Å². The van der Waals surface area contributed by atoms with Gasteiger partial charge in [-0.3, -0.25) is 4.79 Å². The van der Waals surface area contributed by atoms with Gasteiger partial charge in [-0.05, 0) is 51.6 Å². The topological polar surface area (TPSA) is 29.1 Å². The number of carbonyl (C=O) groups excluding carboxylic acids is 1. The van der Waals surface area contributed by atoms with Gasteiger partial charge in [0.25, 0.3) is 5.91 Å². The maximum Gasteiger partial charge on any atom is 0.265 e. The van der Waals surface area contributed by atoms with E-state index in [4.69, 9.17) is 11.6 Å². The molecule has 1 N–H and O–H groups in total. The third-order valence-corrected chi connectivity index (χ3v) is 5.16. The monoisotopic (exact) mass is 365 g/mol. The van der Waals surface area contributed by atoms with Gasteiger partial charge in [-0.1, -0.05) is 29.8 Å². The lowest BCUT2D eigenvalue weighted by molar-refractivity contribution is 0.103. The highest BCUT2D eigenvalue weighted by atomic mass is 79.9. The fourth-order valence-electron chi connectivity index (χ4n) is 1.86. The Morgan fingerprint density at radius 1 is 1.15 bits per heavy atom. The number of carbonyl (C=O) groups is 1. The minimum Gasteiger partial charge on any atom is -0.321 e. The number of amides is 1. The van der Waals surface area contributed by atoms with E-state index < -0.39 is 0 Å². The summed E-state index contributed by atoms with van der Waals surface area (Å²) in [7, 11) is 0. The lowest BCUT2D eigenvalue weighted by Crippen LogP contribution is -2.09. The number of rotatable bonds is 2. The maximum atomic E-state index is 12.2. The fraction of sp³-hybridized carbons (Fsp3) is 0. The zero-order chi connectivity index (χ0) is 14.1. The van der Waals surface area contributed by atoms with Crippen molar-refractivity contribution in [2.75, 3.05) is 5.32 Å². The molecule has 2 nitrogen and oxygen atoms in total. The molecule has 3 rings (SSSR count). The van der Waals surface area contributed by atoms with Crippen molar-refractivity contribution in [3.63, 3.8) is 0 Å². The van der Waals surface area contributed by atoms with Crippen LogP contribution in [-0.2, 0) is 0 Å². The highest BCUT2D eigenvalue weighted by Crippen LogP contribution is 2.28. The third kappa shape index (κ3) is 2.73. The van der Waals surface area contributed by atoms with Crippen molar-refractivity contribution in [1.29, 1.82) is 0 Å². The van der Waals surface area contributed by atoms with Crippen LogP contribution in [0, 0.1) is 0 Å². The molecule has 100 valence electrons. The molecular formula is C15H9BrClNOS. The molecule has 0 saturated heterocycles. The van der Waals surface area contributed by atoms with Gasteiger partial charge in [0.2, 0.25) is 0 Å². The fourth-order valence-corrected chi connectivity index (χ4v) is 3.31. The summed E-state index contributed by atoms with van der Waals surface area (Å²) in [4.78, 5) is 12.9. The standard InChI is InChI=1S/C15H9BrClNOS/c16-11-8-10(5-6-12(11)17)18-15(19)14-7-9-3-1-2-4-13(9)20-14/h1-8H,(H,18,19). The Bertz CT molecular complexity index is 766. The Kier molecular flexibility index (Phi) is 3.78. The van der Waals surface area contributed by atoms with Gasteiger partial charge in [0, 0.05) is 14.9 Å². The number of hydrogen-bond acceptors (Lipinski definition) is 2. The number of nitrogens with one attached hydrogen (secondary N) is 1. The summed E-state index contributed by atoms with van der Waals surface area (Å²) in [6, 6.07) is 15.2. The first kappa shape index (κ1) is 13.6. The molecule has 1 heterocycles. The molecule has 0 atom stereocenters. The van der Waals surface area contributed by atoms with E-state index in [9.17, 15) is 4.79 Å². The Hall–Kier alpha value is -1.36. The number of halogens is 2. The Labute approximate surface area is 133 Å². The molecule has 0 aliphatic heterocycles. The van der Waals surface area contributed by atoms with Gasteiger partial charge in [-0.2, -0.15) is 0 Å². The Balaban J connectivity index is 1.86. The molecule has 0 unspecified atom stereocenters. The van der Waals surface area contributed by atoms with Crippen LogP contribution in [0.4, 0.5) is 5.69 Å². The summed E-state index contributed by atoms with van der Waals surface area (Å²) >= 11 is 10.8. The molecule has 3 aromatic rings. The molecule has 2 aromatic carbocycles. The van der Waals surface area contributed by atoms with Gasteiger partial charge in [0.15, 0.2) is 0 Å². The van der Waals surface area contributed by atoms with E-state index in [1.165, 1.54) is 11.3 Å². The van der Waals surface area contributed by atoms with E-state index in [1.807, 2.05) is 30.3 Å². The maximum absolute atomic E-state index is 12.2. The number of fused-ring (bicyclic) bond motifs is 1. The lowest BCUT2D eigenvalue weighted by atomic mass is 10.2. The van der Waals surface area contributed by atoms with E-state index in [0.29, 0.717) is 15.6 Å². The van der Waals surface area contributed by atoms with Crippen molar-refractivity contribution in [1.82, 2.24) is 0 Å². The number of benzene rings is 2. The van der Waals surface area contributed by atoms with Crippen LogP contribution in [0.2, 0.25) is 5.02 Å². The van der Waals surface area contributed by atoms with Gasteiger partial charge in [-0.25, -0.2) is 0 Å². The van der Waals surface area contributed by atoms with Gasteiger partial charge in [0.1, 0.15) is 0 Å². The van der Waals surface area contributed by atoms with Crippen LogP contribution in [0.15, 0.2) is 53.0 Å². The van der Waals surface area contributed by atoms with Gasteiger partial charge in [0.05, 0.1) is 9.90 Å². The summed E-state index contributed by atoms with van der Waals surface area (Å²) in [6.07, 6.45) is 0. The lowest BCUT2D eigenvalue weighted by Gasteiger charge is -2.04. The van der Waals surface area contributed by atoms with E-state index >= 15 is 0 Å². The van der Waals surface area contributed by atoms with Crippen molar-refractivity contribution >= 4 is 60.5 Å². The Morgan fingerprint density at radius 3 is 2.70 bits per heavy atom. The molecule has 0 aliphatic rings. The SMILES string of the molecule is O=C(Nc1ccc(Cl)c(Br)c1)c1cc2ccccc2s1. The smallest absolute Gasteiger partial charge is 0.265 e. The predicted molar refractivity (Wildman–Crippen MR) is 88.9 cm³/mol. The first-order chi connectivity index (χ1) is 9.63. The Morgan fingerprint density at radius 2 is 1.95 bits per heavy atom. The molecule has 5 heteroatoms. The van der Waals surface area contributed by atoms with E-state index in [2.05, 4.69) is 21.2 Å². The normalized spacial score (nSPS) is 10.7. The molecule has 0 bridgehead atoms. The number of hydrogen-bond donors (Lipinski definition) is 1. The minimum absolute atomic E-state index is 0.111. The van der Waals surface area contributed by atoms with Crippen molar-refractivity contribution in [2.24, 2.45) is 0 Å². The van der Waals surface area contributed by atoms with Crippen LogP contribution in [0.1, 0.15) is 9.67 Å². The van der Waals surface area contributed by atoms with Gasteiger partial charge < -0.3 is 5.32 Å². The molecule has 0 aliphatic carbocycles. The summed E-state index contributed by atoms with van der Waals surface area (Å²) in [5.74, 6) is -0.111. The van der Waals surface area contributed by atoms with Gasteiger partial charge >= 0.3 is 0 Å². The van der Waals surface area contributed by atoms with Crippen LogP contribution in [-0.4, -0.2) is 5.91 Å².